The van der Waals surface area contributed by atoms with Crippen molar-refractivity contribution in [3.05, 3.63) is 77.9 Å². The molecule has 0 spiro atoms. The lowest BCUT2D eigenvalue weighted by Crippen LogP contribution is -2.17. The van der Waals surface area contributed by atoms with Crippen LogP contribution in [0, 0.1) is 29.6 Å². The van der Waals surface area contributed by atoms with Crippen molar-refractivity contribution in [2.75, 3.05) is 6.61 Å². The van der Waals surface area contributed by atoms with E-state index >= 15 is 0 Å². The maximum Gasteiger partial charge on any atom is 0.119 e. The Bertz CT molecular complexity index is 958. The fourth-order valence-corrected chi connectivity index (χ4v) is 6.26. The van der Waals surface area contributed by atoms with E-state index in [-0.39, 0.29) is 0 Å². The van der Waals surface area contributed by atoms with Crippen LogP contribution in [0.4, 0.5) is 0 Å². The molecule has 192 valence electrons. The first-order chi connectivity index (χ1) is 17.7. The molecule has 0 saturated heterocycles. The molecule has 36 heavy (non-hydrogen) atoms. The normalized spacial score (nSPS) is 23.9. The lowest BCUT2D eigenvalue weighted by Gasteiger charge is -2.32. The molecule has 0 aromatic heterocycles. The van der Waals surface area contributed by atoms with Gasteiger partial charge >= 0.3 is 0 Å². The Kier molecular flexibility index (Phi) is 10.6. The molecule has 1 heteroatoms. The molecule has 0 aliphatic heterocycles. The van der Waals surface area contributed by atoms with Gasteiger partial charge in [0.15, 0.2) is 0 Å². The largest absolute Gasteiger partial charge is 0.494 e. The first kappa shape index (κ1) is 26.6. The van der Waals surface area contributed by atoms with Crippen molar-refractivity contribution in [1.82, 2.24) is 0 Å². The molecule has 1 nitrogen and oxygen atoms in total. The molecule has 4 rings (SSSR count). The minimum atomic E-state index is 0.735. The zero-order chi connectivity index (χ0) is 25.0. The summed E-state index contributed by atoms with van der Waals surface area (Å²) in [7, 11) is 0. The van der Waals surface area contributed by atoms with Gasteiger partial charge in [0.25, 0.3) is 0 Å². The molecule has 2 saturated carbocycles. The zero-order valence-corrected chi connectivity index (χ0v) is 22.5. The monoisotopic (exact) mass is 482 g/mol. The summed E-state index contributed by atoms with van der Waals surface area (Å²) in [6.45, 7) is 6.77. The van der Waals surface area contributed by atoms with Crippen LogP contribution in [0.2, 0.25) is 0 Å². The van der Waals surface area contributed by atoms with Gasteiger partial charge in [0.1, 0.15) is 5.75 Å². The molecule has 0 bridgehead atoms. The maximum atomic E-state index is 5.65. The first-order valence-electron chi connectivity index (χ1n) is 14.7. The predicted octanol–water partition coefficient (Wildman–Crippen LogP) is 9.70. The second-order valence-electron chi connectivity index (χ2n) is 11.3. The minimum Gasteiger partial charge on any atom is -0.494 e. The maximum absolute atomic E-state index is 5.65. The van der Waals surface area contributed by atoms with Crippen molar-refractivity contribution in [3.63, 3.8) is 0 Å². The van der Waals surface area contributed by atoms with Gasteiger partial charge in [0, 0.05) is 11.1 Å². The quantitative estimate of drug-likeness (QED) is 0.242. The fourth-order valence-electron chi connectivity index (χ4n) is 6.26. The average Bonchev–Trinajstić information content (AvgIpc) is 2.94. The molecule has 0 atom stereocenters. The van der Waals surface area contributed by atoms with Crippen molar-refractivity contribution in [3.8, 4) is 17.6 Å². The van der Waals surface area contributed by atoms with E-state index in [1.54, 1.807) is 0 Å². The number of allylic oxidation sites excluding steroid dienone is 1. The highest BCUT2D eigenvalue weighted by molar-refractivity contribution is 5.45. The van der Waals surface area contributed by atoms with Crippen LogP contribution in [0.25, 0.3) is 0 Å². The molecular weight excluding hydrogens is 436 g/mol. The summed E-state index contributed by atoms with van der Waals surface area (Å²) in [5, 5.41) is 0. The van der Waals surface area contributed by atoms with Gasteiger partial charge in [-0.2, -0.15) is 0 Å². The van der Waals surface area contributed by atoms with Crippen molar-refractivity contribution in [1.29, 1.82) is 0 Å². The van der Waals surface area contributed by atoms with Crippen molar-refractivity contribution < 1.29 is 4.74 Å². The second-order valence-corrected chi connectivity index (χ2v) is 11.3. The summed E-state index contributed by atoms with van der Waals surface area (Å²) in [6, 6.07) is 17.2. The third kappa shape index (κ3) is 8.30. The Balaban J connectivity index is 1.17. The van der Waals surface area contributed by atoms with Crippen LogP contribution in [0.15, 0.2) is 61.2 Å². The van der Waals surface area contributed by atoms with Gasteiger partial charge in [0.05, 0.1) is 6.61 Å². The zero-order valence-electron chi connectivity index (χ0n) is 22.5. The van der Waals surface area contributed by atoms with Gasteiger partial charge in [-0.25, -0.2) is 0 Å². The van der Waals surface area contributed by atoms with E-state index in [9.17, 15) is 0 Å². The topological polar surface area (TPSA) is 9.23 Å². The number of hydrogen-bond acceptors (Lipinski definition) is 1. The first-order valence-corrected chi connectivity index (χ1v) is 14.7. The van der Waals surface area contributed by atoms with E-state index in [0.717, 1.165) is 53.6 Å². The molecule has 2 aromatic rings. The molecule has 2 aliphatic carbocycles. The molecule has 0 radical (unpaired) electrons. The van der Waals surface area contributed by atoms with Gasteiger partial charge in [0.2, 0.25) is 0 Å². The van der Waals surface area contributed by atoms with Gasteiger partial charge in [-0.1, -0.05) is 75.5 Å². The van der Waals surface area contributed by atoms with E-state index < -0.39 is 0 Å². The highest BCUT2D eigenvalue weighted by Crippen LogP contribution is 2.40. The van der Waals surface area contributed by atoms with Crippen molar-refractivity contribution in [2.24, 2.45) is 17.8 Å². The number of benzene rings is 2. The van der Waals surface area contributed by atoms with Crippen LogP contribution in [0.3, 0.4) is 0 Å². The smallest absolute Gasteiger partial charge is 0.119 e. The predicted molar refractivity (Wildman–Crippen MR) is 153 cm³/mol. The lowest BCUT2D eigenvalue weighted by molar-refractivity contribution is 0.225. The third-order valence-electron chi connectivity index (χ3n) is 8.64. The molecule has 2 fully saturated rings. The highest BCUT2D eigenvalue weighted by atomic mass is 16.5. The summed E-state index contributed by atoms with van der Waals surface area (Å²) in [4.78, 5) is 0. The number of ether oxygens (including phenoxy) is 1. The van der Waals surface area contributed by atoms with E-state index in [1.807, 2.05) is 24.3 Å². The Hall–Kier alpha value is -2.46. The molecule has 0 N–H and O–H groups in total. The van der Waals surface area contributed by atoms with Crippen LogP contribution in [0.1, 0.15) is 113 Å². The van der Waals surface area contributed by atoms with E-state index in [0.29, 0.717) is 0 Å². The van der Waals surface area contributed by atoms with Crippen molar-refractivity contribution in [2.45, 2.75) is 96.3 Å². The molecule has 0 amide bonds. The summed E-state index contributed by atoms with van der Waals surface area (Å²) in [5.74, 6) is 11.2. The second kappa shape index (κ2) is 14.3. The lowest BCUT2D eigenvalue weighted by atomic mass is 9.74. The van der Waals surface area contributed by atoms with Crippen molar-refractivity contribution >= 4 is 0 Å². The molecule has 0 heterocycles. The van der Waals surface area contributed by atoms with Crippen LogP contribution in [-0.4, -0.2) is 6.61 Å². The Morgan fingerprint density at radius 1 is 0.722 bits per heavy atom. The summed E-state index contributed by atoms with van der Waals surface area (Å²) >= 11 is 0. The molecule has 2 aromatic carbocycles. The SMILES string of the molecule is C=CCC[C@H]1CC[C@H](CC[C@H]2CC[C@H](c3ccc(C#Cc4ccc(OCCC)cc4)cc3)CC2)CC1. The Morgan fingerprint density at radius 3 is 1.75 bits per heavy atom. The fraction of sp³-hybridized carbons (Fsp3) is 0.543. The third-order valence-corrected chi connectivity index (χ3v) is 8.64. The Morgan fingerprint density at radius 2 is 1.22 bits per heavy atom. The number of hydrogen-bond donors (Lipinski definition) is 0. The molecule has 2 aliphatic rings. The van der Waals surface area contributed by atoms with Gasteiger partial charge < -0.3 is 4.74 Å². The standard InChI is InChI=1S/C35H46O/c1-3-5-6-28-7-9-29(10-8-28)11-12-30-15-21-33(22-16-30)34-23-17-31(18-24-34)13-14-32-19-25-35(26-20-32)36-27-4-2/h3,17-20,23-26,28-30,33H,1,4-12,15-16,21-22,27H2,2H3/t28-,29-,30-,33-. The summed E-state index contributed by atoms with van der Waals surface area (Å²) < 4.78 is 5.65. The van der Waals surface area contributed by atoms with E-state index in [4.69, 9.17) is 4.74 Å². The van der Waals surface area contributed by atoms with Crippen LogP contribution in [-0.2, 0) is 0 Å². The van der Waals surface area contributed by atoms with Gasteiger partial charge in [-0.15, -0.1) is 6.58 Å². The molecular formula is C35H46O. The average molecular weight is 483 g/mol. The summed E-state index contributed by atoms with van der Waals surface area (Å²) in [6.07, 6.45) is 20.1. The summed E-state index contributed by atoms with van der Waals surface area (Å²) in [5.41, 5.74) is 3.63. The number of rotatable bonds is 10. The van der Waals surface area contributed by atoms with Gasteiger partial charge in [-0.3, -0.25) is 0 Å². The van der Waals surface area contributed by atoms with E-state index in [2.05, 4.69) is 55.7 Å². The van der Waals surface area contributed by atoms with Gasteiger partial charge in [-0.05, 0) is 111 Å². The van der Waals surface area contributed by atoms with Crippen LogP contribution in [0.5, 0.6) is 5.75 Å². The van der Waals surface area contributed by atoms with Crippen LogP contribution >= 0.6 is 0 Å². The molecule has 0 unspecified atom stereocenters. The van der Waals surface area contributed by atoms with E-state index in [1.165, 1.54) is 82.6 Å². The highest BCUT2D eigenvalue weighted by Gasteiger charge is 2.25. The minimum absolute atomic E-state index is 0.735. The van der Waals surface area contributed by atoms with Crippen LogP contribution < -0.4 is 4.74 Å². The Labute approximate surface area is 220 Å².